The lowest BCUT2D eigenvalue weighted by Crippen LogP contribution is -2.16. The van der Waals surface area contributed by atoms with Gasteiger partial charge in [0.1, 0.15) is 0 Å². The number of aryl methyl sites for hydroxylation is 2. The van der Waals surface area contributed by atoms with Crippen LogP contribution in [0.1, 0.15) is 72.2 Å². The van der Waals surface area contributed by atoms with Crippen LogP contribution in [0.2, 0.25) is 0 Å². The summed E-state index contributed by atoms with van der Waals surface area (Å²) in [7, 11) is 0. The number of nitrogens with zero attached hydrogens (tertiary/aromatic N) is 2. The molecule has 0 radical (unpaired) electrons. The summed E-state index contributed by atoms with van der Waals surface area (Å²) < 4.78 is 0. The van der Waals surface area contributed by atoms with Crippen molar-refractivity contribution in [3.8, 4) is 34.4 Å². The SMILES string of the molecule is Cc1c(C)c2cc3c(cc2c2cc4c(cc12)-c1c(cc(C#N)c2ccccc12)C4(C)C)C(C)(C)c1cc(C#N)c2ccccc2c1-3. The molecule has 2 heteroatoms. The second-order valence-corrected chi connectivity index (χ2v) is 14.4. The summed E-state index contributed by atoms with van der Waals surface area (Å²) in [5.41, 5.74) is 13.7. The lowest BCUT2D eigenvalue weighted by molar-refractivity contribution is 0.661. The van der Waals surface area contributed by atoms with Crippen molar-refractivity contribution in [1.29, 1.82) is 10.5 Å². The number of benzene rings is 7. The molecule has 0 aromatic heterocycles. The first-order valence-corrected chi connectivity index (χ1v) is 16.1. The zero-order chi connectivity index (χ0) is 31.9. The topological polar surface area (TPSA) is 47.6 Å². The molecule has 0 N–H and O–H groups in total. The van der Waals surface area contributed by atoms with E-state index >= 15 is 0 Å². The van der Waals surface area contributed by atoms with E-state index in [1.807, 2.05) is 12.1 Å². The zero-order valence-electron chi connectivity index (χ0n) is 27.0. The fourth-order valence-electron chi connectivity index (χ4n) is 8.91. The Morgan fingerprint density at radius 2 is 0.804 bits per heavy atom. The van der Waals surface area contributed by atoms with Gasteiger partial charge in [-0.25, -0.2) is 0 Å². The van der Waals surface area contributed by atoms with Gasteiger partial charge >= 0.3 is 0 Å². The van der Waals surface area contributed by atoms with Crippen LogP contribution in [-0.4, -0.2) is 0 Å². The fraction of sp³-hybridized carbons (Fsp3) is 0.182. The van der Waals surface area contributed by atoms with Gasteiger partial charge in [0, 0.05) is 21.6 Å². The van der Waals surface area contributed by atoms with Gasteiger partial charge in [0.25, 0.3) is 0 Å². The first-order chi connectivity index (χ1) is 22.1. The van der Waals surface area contributed by atoms with Gasteiger partial charge in [0.2, 0.25) is 0 Å². The van der Waals surface area contributed by atoms with Gasteiger partial charge < -0.3 is 0 Å². The molecule has 9 rings (SSSR count). The van der Waals surface area contributed by atoms with Crippen LogP contribution < -0.4 is 0 Å². The van der Waals surface area contributed by atoms with E-state index in [2.05, 4.69) is 126 Å². The number of rotatable bonds is 0. The van der Waals surface area contributed by atoms with Crippen molar-refractivity contribution in [3.05, 3.63) is 129 Å². The molecule has 0 spiro atoms. The Kier molecular flexibility index (Phi) is 5.05. The number of fused-ring (bicyclic) bond motifs is 13. The summed E-state index contributed by atoms with van der Waals surface area (Å²) in [5, 5.41) is 29.7. The quantitative estimate of drug-likeness (QED) is 0.165. The first kappa shape index (κ1) is 26.9. The minimum Gasteiger partial charge on any atom is -0.192 e. The van der Waals surface area contributed by atoms with Crippen molar-refractivity contribution in [3.63, 3.8) is 0 Å². The summed E-state index contributed by atoms with van der Waals surface area (Å²) in [6.45, 7) is 13.7. The molecule has 0 fully saturated rings. The van der Waals surface area contributed by atoms with Crippen LogP contribution in [0.3, 0.4) is 0 Å². The van der Waals surface area contributed by atoms with Gasteiger partial charge in [0.05, 0.1) is 23.3 Å². The van der Waals surface area contributed by atoms with Gasteiger partial charge in [0.15, 0.2) is 0 Å². The fourth-order valence-corrected chi connectivity index (χ4v) is 8.91. The van der Waals surface area contributed by atoms with Gasteiger partial charge in [-0.3, -0.25) is 0 Å². The highest BCUT2D eigenvalue weighted by Crippen LogP contribution is 2.56. The highest BCUT2D eigenvalue weighted by atomic mass is 14.4. The Bertz CT molecular complexity index is 2480. The molecule has 2 aliphatic carbocycles. The van der Waals surface area contributed by atoms with E-state index in [0.29, 0.717) is 0 Å². The van der Waals surface area contributed by atoms with Gasteiger partial charge in [-0.2, -0.15) is 10.5 Å². The van der Waals surface area contributed by atoms with Crippen LogP contribution in [0.15, 0.2) is 84.9 Å². The molecule has 218 valence electrons. The molecule has 0 unspecified atom stereocenters. The van der Waals surface area contributed by atoms with E-state index in [1.165, 1.54) is 77.2 Å². The van der Waals surface area contributed by atoms with E-state index in [1.54, 1.807) is 0 Å². The Morgan fingerprint density at radius 1 is 0.435 bits per heavy atom. The highest BCUT2D eigenvalue weighted by molar-refractivity contribution is 6.17. The molecule has 0 saturated carbocycles. The van der Waals surface area contributed by atoms with Crippen LogP contribution in [-0.2, 0) is 10.8 Å². The molecule has 0 bridgehead atoms. The molecule has 7 aromatic rings. The van der Waals surface area contributed by atoms with Crippen molar-refractivity contribution in [2.75, 3.05) is 0 Å². The predicted octanol–water partition coefficient (Wildman–Crippen LogP) is 11.3. The van der Waals surface area contributed by atoms with E-state index in [4.69, 9.17) is 0 Å². The summed E-state index contributed by atoms with van der Waals surface area (Å²) in [5.74, 6) is 0. The smallest absolute Gasteiger partial charge is 0.0998 e. The number of nitriles is 2. The van der Waals surface area contributed by atoms with Crippen molar-refractivity contribution in [1.82, 2.24) is 0 Å². The lowest BCUT2D eigenvalue weighted by atomic mass is 9.79. The largest absolute Gasteiger partial charge is 0.192 e. The van der Waals surface area contributed by atoms with Crippen LogP contribution in [0, 0.1) is 36.5 Å². The van der Waals surface area contributed by atoms with Crippen molar-refractivity contribution >= 4 is 43.1 Å². The Hall–Kier alpha value is -5.44. The van der Waals surface area contributed by atoms with Gasteiger partial charge in [-0.15, -0.1) is 0 Å². The van der Waals surface area contributed by atoms with Crippen LogP contribution in [0.5, 0.6) is 0 Å². The Morgan fingerprint density at radius 3 is 1.17 bits per heavy atom. The molecule has 7 aromatic carbocycles. The predicted molar refractivity (Wildman–Crippen MR) is 190 cm³/mol. The van der Waals surface area contributed by atoms with E-state index in [-0.39, 0.29) is 10.8 Å². The standard InChI is InChI=1S/C44H32N2/c1-23-24(2)32-18-36-38(44(5,6)40-16-26(22-46)28-12-8-10-14-30(28)42(36)40)20-34(32)33-19-37-35(17-31(23)33)41-29-13-9-7-11-27(29)25(21-45)15-39(41)43(37,3)4/h7-20H,1-6H3. The van der Waals surface area contributed by atoms with Gasteiger partial charge in [-0.05, 0) is 138 Å². The van der Waals surface area contributed by atoms with Crippen molar-refractivity contribution in [2.45, 2.75) is 52.4 Å². The Labute approximate surface area is 269 Å². The van der Waals surface area contributed by atoms with E-state index < -0.39 is 0 Å². The summed E-state index contributed by atoms with van der Waals surface area (Å²) >= 11 is 0. The number of hydrogen-bond donors (Lipinski definition) is 0. The summed E-state index contributed by atoms with van der Waals surface area (Å²) in [6, 6.07) is 35.7. The minimum atomic E-state index is -0.252. The normalized spacial score (nSPS) is 15.0. The number of hydrogen-bond acceptors (Lipinski definition) is 2. The van der Waals surface area contributed by atoms with E-state index in [0.717, 1.165) is 32.7 Å². The van der Waals surface area contributed by atoms with Crippen LogP contribution in [0.25, 0.3) is 65.3 Å². The molecule has 2 nitrogen and oxygen atoms in total. The molecular weight excluding hydrogens is 556 g/mol. The van der Waals surface area contributed by atoms with E-state index in [9.17, 15) is 10.5 Å². The molecular formula is C44H32N2. The first-order valence-electron chi connectivity index (χ1n) is 16.1. The molecule has 2 aliphatic rings. The second kappa shape index (κ2) is 8.63. The molecule has 0 atom stereocenters. The minimum absolute atomic E-state index is 0.252. The van der Waals surface area contributed by atoms with Crippen LogP contribution in [0.4, 0.5) is 0 Å². The molecule has 0 aliphatic heterocycles. The monoisotopic (exact) mass is 588 g/mol. The van der Waals surface area contributed by atoms with Crippen molar-refractivity contribution in [2.24, 2.45) is 0 Å². The zero-order valence-corrected chi connectivity index (χ0v) is 27.0. The van der Waals surface area contributed by atoms with Gasteiger partial charge in [-0.1, -0.05) is 76.2 Å². The molecule has 0 heterocycles. The summed E-state index contributed by atoms with van der Waals surface area (Å²) in [6.07, 6.45) is 0. The Balaban J connectivity index is 1.39. The summed E-state index contributed by atoms with van der Waals surface area (Å²) in [4.78, 5) is 0. The maximum atomic E-state index is 10.1. The highest BCUT2D eigenvalue weighted by Gasteiger charge is 2.40. The average Bonchev–Trinajstić information content (AvgIpc) is 3.43. The molecule has 0 amide bonds. The third kappa shape index (κ3) is 3.10. The van der Waals surface area contributed by atoms with Crippen molar-refractivity contribution < 1.29 is 0 Å². The molecule has 0 saturated heterocycles. The third-order valence-corrected chi connectivity index (χ3v) is 11.5. The van der Waals surface area contributed by atoms with Crippen LogP contribution >= 0.6 is 0 Å². The molecule has 46 heavy (non-hydrogen) atoms. The maximum Gasteiger partial charge on any atom is 0.0998 e. The lowest BCUT2D eigenvalue weighted by Gasteiger charge is -2.24. The third-order valence-electron chi connectivity index (χ3n) is 11.5. The maximum absolute atomic E-state index is 10.1. The average molecular weight is 589 g/mol. The second-order valence-electron chi connectivity index (χ2n) is 14.4.